The van der Waals surface area contributed by atoms with Gasteiger partial charge in [-0.3, -0.25) is 0 Å². The minimum atomic E-state index is -4.12. The molecule has 0 atom stereocenters. The molecular formula is C10H10ClF3. The van der Waals surface area contributed by atoms with E-state index in [-0.39, 0.29) is 6.42 Å². The maximum absolute atomic E-state index is 11.9. The molecule has 0 heterocycles. The van der Waals surface area contributed by atoms with Crippen LogP contribution < -0.4 is 0 Å². The van der Waals surface area contributed by atoms with Crippen LogP contribution in [0.25, 0.3) is 0 Å². The lowest BCUT2D eigenvalue weighted by Gasteiger charge is -2.07. The van der Waals surface area contributed by atoms with E-state index in [0.717, 1.165) is 5.56 Å². The third-order valence-corrected chi connectivity index (χ3v) is 2.24. The van der Waals surface area contributed by atoms with Crippen LogP contribution in [-0.4, -0.2) is 6.18 Å². The topological polar surface area (TPSA) is 0 Å². The van der Waals surface area contributed by atoms with E-state index < -0.39 is 12.6 Å². The molecule has 0 unspecified atom stereocenters. The molecule has 0 spiro atoms. The summed E-state index contributed by atoms with van der Waals surface area (Å²) in [7, 11) is 0. The summed E-state index contributed by atoms with van der Waals surface area (Å²) in [6.45, 7) is 1.85. The Kier molecular flexibility index (Phi) is 3.43. The first-order chi connectivity index (χ1) is 6.38. The maximum atomic E-state index is 11.9. The molecule has 1 aromatic carbocycles. The Morgan fingerprint density at radius 3 is 2.43 bits per heavy atom. The summed E-state index contributed by atoms with van der Waals surface area (Å²) in [4.78, 5) is 0. The van der Waals surface area contributed by atoms with E-state index in [1.165, 1.54) is 0 Å². The normalized spacial score (nSPS) is 11.8. The molecule has 0 saturated carbocycles. The summed E-state index contributed by atoms with van der Waals surface area (Å²) in [6.07, 6.45) is -4.99. The monoisotopic (exact) mass is 222 g/mol. The smallest absolute Gasteiger partial charge is 0.171 e. The Morgan fingerprint density at radius 2 is 1.93 bits per heavy atom. The zero-order chi connectivity index (χ0) is 10.8. The molecule has 0 aliphatic heterocycles. The van der Waals surface area contributed by atoms with Crippen LogP contribution in [-0.2, 0) is 6.42 Å². The van der Waals surface area contributed by atoms with Crippen LogP contribution in [0.15, 0.2) is 18.2 Å². The highest BCUT2D eigenvalue weighted by Gasteiger charge is 2.26. The predicted octanol–water partition coefficient (Wildman–Crippen LogP) is 4.14. The molecule has 0 saturated heterocycles. The lowest BCUT2D eigenvalue weighted by Crippen LogP contribution is -2.08. The molecule has 0 bridgehead atoms. The third-order valence-electron chi connectivity index (χ3n) is 1.89. The Bertz CT molecular complexity index is 318. The van der Waals surface area contributed by atoms with E-state index in [2.05, 4.69) is 0 Å². The van der Waals surface area contributed by atoms with Gasteiger partial charge in [-0.1, -0.05) is 23.7 Å². The molecule has 0 amide bonds. The van der Waals surface area contributed by atoms with Gasteiger partial charge in [0.2, 0.25) is 0 Å². The van der Waals surface area contributed by atoms with Gasteiger partial charge in [0.05, 0.1) is 0 Å². The van der Waals surface area contributed by atoms with Gasteiger partial charge in [0.15, 0.2) is 0 Å². The summed E-state index contributed by atoms with van der Waals surface area (Å²) in [5.41, 5.74) is 1.50. The second-order valence-corrected chi connectivity index (χ2v) is 3.62. The third kappa shape index (κ3) is 3.58. The van der Waals surface area contributed by atoms with Gasteiger partial charge in [-0.15, -0.1) is 0 Å². The van der Waals surface area contributed by atoms with Crippen molar-refractivity contribution < 1.29 is 13.2 Å². The van der Waals surface area contributed by atoms with Crippen molar-refractivity contribution in [3.8, 4) is 0 Å². The second-order valence-electron chi connectivity index (χ2n) is 3.21. The fraction of sp³-hybridized carbons (Fsp3) is 0.400. The van der Waals surface area contributed by atoms with Gasteiger partial charge in [0, 0.05) is 11.4 Å². The fourth-order valence-electron chi connectivity index (χ4n) is 1.13. The van der Waals surface area contributed by atoms with Gasteiger partial charge in [-0.25, -0.2) is 0 Å². The van der Waals surface area contributed by atoms with Crippen molar-refractivity contribution in [2.45, 2.75) is 25.9 Å². The van der Waals surface area contributed by atoms with Crippen LogP contribution in [0.2, 0.25) is 5.02 Å². The van der Waals surface area contributed by atoms with Crippen molar-refractivity contribution in [3.63, 3.8) is 0 Å². The zero-order valence-corrected chi connectivity index (χ0v) is 8.41. The molecule has 14 heavy (non-hydrogen) atoms. The molecular weight excluding hydrogens is 213 g/mol. The van der Waals surface area contributed by atoms with Crippen molar-refractivity contribution in [1.82, 2.24) is 0 Å². The highest BCUT2D eigenvalue weighted by molar-refractivity contribution is 6.31. The van der Waals surface area contributed by atoms with Gasteiger partial charge >= 0.3 is 6.18 Å². The van der Waals surface area contributed by atoms with Crippen LogP contribution >= 0.6 is 11.6 Å². The standard InChI is InChI=1S/C10H10ClF3/c1-7-2-3-8(9(11)6-7)4-5-10(12,13)14/h2-3,6H,4-5H2,1H3. The van der Waals surface area contributed by atoms with E-state index >= 15 is 0 Å². The summed E-state index contributed by atoms with van der Waals surface area (Å²) in [6, 6.07) is 5.08. The molecule has 0 aromatic heterocycles. The molecule has 78 valence electrons. The van der Waals surface area contributed by atoms with E-state index in [0.29, 0.717) is 10.6 Å². The van der Waals surface area contributed by atoms with E-state index in [4.69, 9.17) is 11.6 Å². The number of halogens is 4. The predicted molar refractivity (Wildman–Crippen MR) is 50.6 cm³/mol. The second kappa shape index (κ2) is 4.22. The first-order valence-electron chi connectivity index (χ1n) is 4.20. The van der Waals surface area contributed by atoms with E-state index in [1.54, 1.807) is 18.2 Å². The summed E-state index contributed by atoms with van der Waals surface area (Å²) in [5.74, 6) is 0. The first kappa shape index (κ1) is 11.4. The fourth-order valence-corrected chi connectivity index (χ4v) is 1.46. The molecule has 4 heteroatoms. The minimum absolute atomic E-state index is 0.0530. The number of hydrogen-bond donors (Lipinski definition) is 0. The van der Waals surface area contributed by atoms with Crippen molar-refractivity contribution in [1.29, 1.82) is 0 Å². The molecule has 0 aliphatic rings. The number of hydrogen-bond acceptors (Lipinski definition) is 0. The number of benzene rings is 1. The lowest BCUT2D eigenvalue weighted by atomic mass is 10.1. The Hall–Kier alpha value is -0.700. The summed E-state index contributed by atoms with van der Waals surface area (Å²) >= 11 is 5.79. The average Bonchev–Trinajstić information content (AvgIpc) is 2.00. The highest BCUT2D eigenvalue weighted by atomic mass is 35.5. The van der Waals surface area contributed by atoms with Crippen molar-refractivity contribution in [2.24, 2.45) is 0 Å². The van der Waals surface area contributed by atoms with Crippen LogP contribution in [0.3, 0.4) is 0 Å². The summed E-state index contributed by atoms with van der Waals surface area (Å²) in [5, 5.41) is 0.411. The minimum Gasteiger partial charge on any atom is -0.171 e. The zero-order valence-electron chi connectivity index (χ0n) is 7.66. The first-order valence-corrected chi connectivity index (χ1v) is 4.58. The van der Waals surface area contributed by atoms with E-state index in [9.17, 15) is 13.2 Å². The largest absolute Gasteiger partial charge is 0.389 e. The Balaban J connectivity index is 2.68. The molecule has 0 nitrogen and oxygen atoms in total. The lowest BCUT2D eigenvalue weighted by molar-refractivity contribution is -0.133. The molecule has 0 N–H and O–H groups in total. The van der Waals surface area contributed by atoms with Gasteiger partial charge in [0.1, 0.15) is 0 Å². The molecule has 1 aromatic rings. The Labute approximate surface area is 85.7 Å². The van der Waals surface area contributed by atoms with Gasteiger partial charge in [0.25, 0.3) is 0 Å². The molecule has 1 rings (SSSR count). The van der Waals surface area contributed by atoms with Gasteiger partial charge < -0.3 is 0 Å². The van der Waals surface area contributed by atoms with Crippen LogP contribution in [0.1, 0.15) is 17.5 Å². The number of alkyl halides is 3. The number of rotatable bonds is 2. The van der Waals surface area contributed by atoms with Crippen molar-refractivity contribution >= 4 is 11.6 Å². The van der Waals surface area contributed by atoms with Crippen molar-refractivity contribution in [2.75, 3.05) is 0 Å². The molecule has 0 radical (unpaired) electrons. The SMILES string of the molecule is Cc1ccc(CCC(F)(F)F)c(Cl)c1. The average molecular weight is 223 g/mol. The van der Waals surface area contributed by atoms with Gasteiger partial charge in [-0.2, -0.15) is 13.2 Å². The van der Waals surface area contributed by atoms with Crippen LogP contribution in [0.4, 0.5) is 13.2 Å². The van der Waals surface area contributed by atoms with Crippen LogP contribution in [0.5, 0.6) is 0 Å². The van der Waals surface area contributed by atoms with Crippen molar-refractivity contribution in [3.05, 3.63) is 34.3 Å². The highest BCUT2D eigenvalue weighted by Crippen LogP contribution is 2.25. The quantitative estimate of drug-likeness (QED) is 0.705. The summed E-state index contributed by atoms with van der Waals surface area (Å²) < 4.78 is 35.7. The Morgan fingerprint density at radius 1 is 1.29 bits per heavy atom. The maximum Gasteiger partial charge on any atom is 0.389 e. The van der Waals surface area contributed by atoms with Gasteiger partial charge in [-0.05, 0) is 30.5 Å². The van der Waals surface area contributed by atoms with Crippen LogP contribution in [0, 0.1) is 6.92 Å². The number of aryl methyl sites for hydroxylation is 2. The molecule has 0 aliphatic carbocycles. The van der Waals surface area contributed by atoms with E-state index in [1.807, 2.05) is 6.92 Å². The molecule has 0 fully saturated rings.